The summed E-state index contributed by atoms with van der Waals surface area (Å²) in [4.78, 5) is 22.3. The first-order chi connectivity index (χ1) is 11.9. The quantitative estimate of drug-likeness (QED) is 0.851. The number of aryl methyl sites for hydroxylation is 1. The molecule has 8 heteroatoms. The second-order valence-corrected chi connectivity index (χ2v) is 6.93. The van der Waals surface area contributed by atoms with Crippen LogP contribution < -0.4 is 5.32 Å². The Morgan fingerprint density at radius 1 is 1.32 bits per heavy atom. The number of anilines is 1. The maximum atomic E-state index is 12.3. The highest BCUT2D eigenvalue weighted by Gasteiger charge is 2.35. The highest BCUT2D eigenvalue weighted by Crippen LogP contribution is 2.32. The van der Waals surface area contributed by atoms with Crippen LogP contribution >= 0.6 is 0 Å². The van der Waals surface area contributed by atoms with Gasteiger partial charge in [-0.1, -0.05) is 0 Å². The van der Waals surface area contributed by atoms with Gasteiger partial charge in [0.15, 0.2) is 0 Å². The average molecular weight is 356 g/mol. The molecule has 2 aliphatic rings. The Kier molecular flexibility index (Phi) is 5.44. The van der Waals surface area contributed by atoms with E-state index in [-0.39, 0.29) is 18.2 Å². The predicted molar refractivity (Wildman–Crippen MR) is 86.9 cm³/mol. The van der Waals surface area contributed by atoms with Gasteiger partial charge in [0.1, 0.15) is 0 Å². The number of piperidine rings is 1. The highest BCUT2D eigenvalue weighted by molar-refractivity contribution is 5.81. The Bertz CT molecular complexity index is 604. The van der Waals surface area contributed by atoms with Crippen molar-refractivity contribution >= 4 is 11.9 Å². The van der Waals surface area contributed by atoms with Crippen LogP contribution in [0.1, 0.15) is 37.8 Å². The van der Waals surface area contributed by atoms with Gasteiger partial charge in [-0.2, -0.15) is 13.2 Å². The summed E-state index contributed by atoms with van der Waals surface area (Å²) in [5, 5.41) is 3.11. The van der Waals surface area contributed by atoms with E-state index in [1.54, 1.807) is 0 Å². The van der Waals surface area contributed by atoms with Gasteiger partial charge in [-0.25, -0.2) is 9.97 Å². The van der Waals surface area contributed by atoms with Crippen LogP contribution in [0.5, 0.6) is 0 Å². The number of rotatable bonds is 6. The molecule has 25 heavy (non-hydrogen) atoms. The zero-order chi connectivity index (χ0) is 17.9. The number of nitrogens with zero attached hydrogens (tertiary/aromatic N) is 3. The number of nitrogens with one attached hydrogen (secondary N) is 1. The molecule has 1 aromatic rings. The number of alkyl halides is 3. The number of carbonyl (C=O) groups is 1. The van der Waals surface area contributed by atoms with Crippen molar-refractivity contribution in [3.8, 4) is 0 Å². The van der Waals surface area contributed by atoms with Crippen molar-refractivity contribution in [1.29, 1.82) is 0 Å². The van der Waals surface area contributed by atoms with Crippen molar-refractivity contribution < 1.29 is 18.0 Å². The average Bonchev–Trinajstić information content (AvgIpc) is 3.43. The van der Waals surface area contributed by atoms with E-state index in [2.05, 4.69) is 15.3 Å². The van der Waals surface area contributed by atoms with Crippen molar-refractivity contribution in [2.24, 2.45) is 11.8 Å². The van der Waals surface area contributed by atoms with Gasteiger partial charge in [-0.15, -0.1) is 0 Å². The van der Waals surface area contributed by atoms with Crippen LogP contribution in [-0.2, 0) is 11.2 Å². The van der Waals surface area contributed by atoms with Crippen LogP contribution in [0.15, 0.2) is 12.3 Å². The summed E-state index contributed by atoms with van der Waals surface area (Å²) >= 11 is 0. The maximum Gasteiger partial charge on any atom is 0.389 e. The molecule has 0 radical (unpaired) electrons. The maximum absolute atomic E-state index is 12.3. The van der Waals surface area contributed by atoms with E-state index in [4.69, 9.17) is 0 Å². The van der Waals surface area contributed by atoms with Crippen LogP contribution in [0.3, 0.4) is 0 Å². The Balaban J connectivity index is 1.48. The zero-order valence-electron chi connectivity index (χ0n) is 14.1. The molecule has 1 atom stereocenters. The molecule has 2 heterocycles. The first-order valence-corrected chi connectivity index (χ1v) is 8.82. The molecule has 0 spiro atoms. The van der Waals surface area contributed by atoms with Gasteiger partial charge >= 0.3 is 6.18 Å². The standard InChI is InChI=1S/C17H23F3N4O/c18-17(19,20)7-5-14-6-8-21-16(23-14)22-10-12-2-1-9-24(11-12)15(25)13-3-4-13/h6,8,12-13H,1-5,7,9-11H2,(H,21,22,23)/t12-/m1/s1. The molecule has 1 aliphatic heterocycles. The lowest BCUT2D eigenvalue weighted by Gasteiger charge is -2.33. The summed E-state index contributed by atoms with van der Waals surface area (Å²) in [6.45, 7) is 2.18. The van der Waals surface area contributed by atoms with Crippen LogP contribution in [0.25, 0.3) is 0 Å². The summed E-state index contributed by atoms with van der Waals surface area (Å²) in [6.07, 6.45) is 0.293. The van der Waals surface area contributed by atoms with E-state index < -0.39 is 12.6 Å². The smallest absolute Gasteiger partial charge is 0.354 e. The third-order valence-electron chi connectivity index (χ3n) is 4.68. The molecule has 138 valence electrons. The molecule has 5 nitrogen and oxygen atoms in total. The molecular weight excluding hydrogens is 333 g/mol. The fourth-order valence-corrected chi connectivity index (χ4v) is 3.15. The minimum Gasteiger partial charge on any atom is -0.354 e. The number of aromatic nitrogens is 2. The van der Waals surface area contributed by atoms with Crippen LogP contribution in [0, 0.1) is 11.8 Å². The van der Waals surface area contributed by atoms with E-state index in [9.17, 15) is 18.0 Å². The lowest BCUT2D eigenvalue weighted by Crippen LogP contribution is -2.42. The predicted octanol–water partition coefficient (Wildman–Crippen LogP) is 3.03. The van der Waals surface area contributed by atoms with Gasteiger partial charge in [-0.3, -0.25) is 4.79 Å². The fraction of sp³-hybridized carbons (Fsp3) is 0.706. The fourth-order valence-electron chi connectivity index (χ4n) is 3.15. The van der Waals surface area contributed by atoms with E-state index in [1.165, 1.54) is 12.3 Å². The number of halogens is 3. The summed E-state index contributed by atoms with van der Waals surface area (Å²) in [7, 11) is 0. The van der Waals surface area contributed by atoms with Gasteiger partial charge in [0.05, 0.1) is 0 Å². The van der Waals surface area contributed by atoms with Gasteiger partial charge < -0.3 is 10.2 Å². The molecule has 3 rings (SSSR count). The van der Waals surface area contributed by atoms with E-state index in [1.807, 2.05) is 4.90 Å². The molecule has 0 bridgehead atoms. The van der Waals surface area contributed by atoms with E-state index in [0.717, 1.165) is 38.8 Å². The summed E-state index contributed by atoms with van der Waals surface area (Å²) in [5.41, 5.74) is 0.379. The number of amides is 1. The zero-order valence-corrected chi connectivity index (χ0v) is 14.1. The van der Waals surface area contributed by atoms with Crippen molar-refractivity contribution in [2.75, 3.05) is 25.0 Å². The Labute approximate surface area is 145 Å². The Hall–Kier alpha value is -1.86. The lowest BCUT2D eigenvalue weighted by molar-refractivity contribution is -0.135. The number of hydrogen-bond donors (Lipinski definition) is 1. The lowest BCUT2D eigenvalue weighted by atomic mass is 9.97. The molecule has 0 aromatic carbocycles. The monoisotopic (exact) mass is 356 g/mol. The Morgan fingerprint density at radius 2 is 2.12 bits per heavy atom. The third-order valence-corrected chi connectivity index (χ3v) is 4.68. The van der Waals surface area contributed by atoms with E-state index in [0.29, 0.717) is 24.1 Å². The van der Waals surface area contributed by atoms with Crippen molar-refractivity contribution in [3.63, 3.8) is 0 Å². The molecule has 2 fully saturated rings. The second kappa shape index (κ2) is 7.58. The van der Waals surface area contributed by atoms with Gasteiger partial charge in [0.25, 0.3) is 0 Å². The number of carbonyl (C=O) groups excluding carboxylic acids is 1. The molecule has 1 aliphatic carbocycles. The normalized spacial score (nSPS) is 21.2. The van der Waals surface area contributed by atoms with Crippen LogP contribution in [0.4, 0.5) is 19.1 Å². The largest absolute Gasteiger partial charge is 0.389 e. The molecule has 0 unspecified atom stereocenters. The minimum atomic E-state index is -4.18. The highest BCUT2D eigenvalue weighted by atomic mass is 19.4. The molecule has 1 saturated carbocycles. The minimum absolute atomic E-state index is 0.145. The molecule has 1 saturated heterocycles. The van der Waals surface area contributed by atoms with Crippen molar-refractivity contribution in [2.45, 2.75) is 44.7 Å². The number of hydrogen-bond acceptors (Lipinski definition) is 4. The molecule has 1 amide bonds. The molecular formula is C17H23F3N4O. The summed E-state index contributed by atoms with van der Waals surface area (Å²) in [5.74, 6) is 1.18. The summed E-state index contributed by atoms with van der Waals surface area (Å²) in [6, 6.07) is 1.51. The topological polar surface area (TPSA) is 58.1 Å². The van der Waals surface area contributed by atoms with Gasteiger partial charge in [-0.05, 0) is 44.1 Å². The van der Waals surface area contributed by atoms with Crippen molar-refractivity contribution in [3.05, 3.63) is 18.0 Å². The first-order valence-electron chi connectivity index (χ1n) is 8.82. The summed E-state index contributed by atoms with van der Waals surface area (Å²) < 4.78 is 36.9. The second-order valence-electron chi connectivity index (χ2n) is 6.93. The van der Waals surface area contributed by atoms with Crippen LogP contribution in [0.2, 0.25) is 0 Å². The first kappa shape index (κ1) is 17.9. The third kappa shape index (κ3) is 5.57. The van der Waals surface area contributed by atoms with Crippen LogP contribution in [-0.4, -0.2) is 46.6 Å². The number of likely N-dealkylation sites (tertiary alicyclic amines) is 1. The van der Waals surface area contributed by atoms with Gasteiger partial charge in [0, 0.05) is 43.9 Å². The molecule has 1 aromatic heterocycles. The van der Waals surface area contributed by atoms with Gasteiger partial charge in [0.2, 0.25) is 11.9 Å². The molecule has 1 N–H and O–H groups in total. The Morgan fingerprint density at radius 3 is 2.84 bits per heavy atom. The van der Waals surface area contributed by atoms with Crippen molar-refractivity contribution in [1.82, 2.24) is 14.9 Å². The SMILES string of the molecule is O=C(C1CC1)N1CCC[C@H](CNc2nccc(CCC(F)(F)F)n2)C1. The van der Waals surface area contributed by atoms with E-state index >= 15 is 0 Å².